The zero-order valence-corrected chi connectivity index (χ0v) is 15.6. The molecular weight excluding hydrogens is 336 g/mol. The van der Waals surface area contributed by atoms with Gasteiger partial charge in [0.2, 0.25) is 5.91 Å². The molecule has 1 heterocycles. The van der Waals surface area contributed by atoms with Gasteiger partial charge in [0.15, 0.2) is 0 Å². The topological polar surface area (TPSA) is 83.9 Å². The number of hydrogen-bond acceptors (Lipinski definition) is 4. The molecule has 1 saturated heterocycles. The van der Waals surface area contributed by atoms with E-state index in [9.17, 15) is 23.2 Å². The number of carboxylic acid groups (broad SMARTS) is 1. The number of rotatable bonds is 4. The van der Waals surface area contributed by atoms with E-state index in [-0.39, 0.29) is 6.42 Å². The van der Waals surface area contributed by atoms with Gasteiger partial charge < -0.3 is 14.7 Å². The molecule has 6 nitrogen and oxygen atoms in total. The monoisotopic (exact) mass is 363 g/mol. The highest BCUT2D eigenvalue weighted by Gasteiger charge is 2.52. The third-order valence-corrected chi connectivity index (χ3v) is 3.97. The van der Waals surface area contributed by atoms with Gasteiger partial charge in [-0.25, -0.2) is 13.6 Å². The maximum absolute atomic E-state index is 13.7. The van der Waals surface area contributed by atoms with Crippen LogP contribution in [0.4, 0.5) is 8.78 Å². The van der Waals surface area contributed by atoms with E-state index < -0.39 is 59.7 Å². The molecule has 25 heavy (non-hydrogen) atoms. The largest absolute Gasteiger partial charge is 0.480 e. The third-order valence-electron chi connectivity index (χ3n) is 3.97. The lowest BCUT2D eigenvalue weighted by Gasteiger charge is -2.34. The van der Waals surface area contributed by atoms with Gasteiger partial charge >= 0.3 is 11.9 Å². The normalized spacial score (nSPS) is 21.8. The number of carbonyl (C=O) groups excluding carboxylic acids is 2. The number of carbonyl (C=O) groups is 3. The molecule has 1 fully saturated rings. The number of esters is 1. The summed E-state index contributed by atoms with van der Waals surface area (Å²) >= 11 is 0. The summed E-state index contributed by atoms with van der Waals surface area (Å²) in [6.07, 6.45) is -1.22. The predicted molar refractivity (Wildman–Crippen MR) is 86.1 cm³/mol. The van der Waals surface area contributed by atoms with Crippen LogP contribution in [0.25, 0.3) is 0 Å². The van der Waals surface area contributed by atoms with Crippen molar-refractivity contribution in [1.82, 2.24) is 4.90 Å². The van der Waals surface area contributed by atoms with Crippen molar-refractivity contribution in [2.75, 3.05) is 6.54 Å². The number of amides is 1. The summed E-state index contributed by atoms with van der Waals surface area (Å²) in [6.45, 7) is 9.18. The molecule has 0 unspecified atom stereocenters. The molecule has 1 amide bonds. The smallest absolute Gasteiger partial charge is 0.326 e. The Balaban J connectivity index is 3.05. The van der Waals surface area contributed by atoms with E-state index >= 15 is 0 Å². The Hall–Kier alpha value is -1.73. The van der Waals surface area contributed by atoms with Crippen molar-refractivity contribution in [3.63, 3.8) is 0 Å². The van der Waals surface area contributed by atoms with Crippen molar-refractivity contribution in [2.24, 2.45) is 11.3 Å². The number of hydrogen-bond donors (Lipinski definition) is 1. The lowest BCUT2D eigenvalue weighted by atomic mass is 9.77. The third kappa shape index (κ3) is 5.93. The van der Waals surface area contributed by atoms with Crippen molar-refractivity contribution in [3.05, 3.63) is 0 Å². The number of carboxylic acids is 1. The van der Waals surface area contributed by atoms with Crippen LogP contribution in [0.5, 0.6) is 0 Å². The quantitative estimate of drug-likeness (QED) is 0.777. The number of nitrogens with zero attached hydrogens (tertiary/aromatic N) is 1. The molecule has 0 bridgehead atoms. The zero-order chi connectivity index (χ0) is 19.8. The van der Waals surface area contributed by atoms with Gasteiger partial charge in [-0.05, 0) is 26.2 Å². The van der Waals surface area contributed by atoms with Gasteiger partial charge in [0.05, 0.1) is 18.9 Å². The first-order chi connectivity index (χ1) is 11.0. The van der Waals surface area contributed by atoms with Gasteiger partial charge in [-0.15, -0.1) is 0 Å². The van der Waals surface area contributed by atoms with Crippen LogP contribution in [-0.2, 0) is 19.1 Å². The lowest BCUT2D eigenvalue weighted by molar-refractivity contribution is -0.161. The summed E-state index contributed by atoms with van der Waals surface area (Å²) in [5.74, 6) is -7.08. The van der Waals surface area contributed by atoms with E-state index in [4.69, 9.17) is 9.84 Å². The standard InChI is InChI=1S/C17H27F2NO5/c1-15(2,3)10(7-12(21)25-16(4,5)6)13(22)20-9-17(18,19)8-11(20)14(23)24/h10-11H,7-9H2,1-6H3,(H,23,24)/t10-,11+/m1/s1. The first-order valence-corrected chi connectivity index (χ1v) is 8.16. The molecule has 2 atom stereocenters. The first kappa shape index (κ1) is 21.3. The molecule has 0 aromatic carbocycles. The average Bonchev–Trinajstić information content (AvgIpc) is 2.68. The van der Waals surface area contributed by atoms with E-state index in [1.807, 2.05) is 0 Å². The number of likely N-dealkylation sites (tertiary alicyclic amines) is 1. The first-order valence-electron chi connectivity index (χ1n) is 8.16. The van der Waals surface area contributed by atoms with Crippen LogP contribution in [0.3, 0.4) is 0 Å². The second-order valence-corrected chi connectivity index (χ2v) is 8.59. The maximum Gasteiger partial charge on any atom is 0.326 e. The molecular formula is C17H27F2NO5. The Kier molecular flexibility index (Phi) is 5.86. The minimum Gasteiger partial charge on any atom is -0.480 e. The highest BCUT2D eigenvalue weighted by Crippen LogP contribution is 2.37. The summed E-state index contributed by atoms with van der Waals surface area (Å²) in [6, 6.07) is -1.59. The van der Waals surface area contributed by atoms with E-state index in [2.05, 4.69) is 0 Å². The molecule has 1 aliphatic rings. The number of aliphatic carboxylic acids is 1. The Morgan fingerprint density at radius 2 is 1.72 bits per heavy atom. The van der Waals surface area contributed by atoms with Crippen LogP contribution < -0.4 is 0 Å². The molecule has 1 rings (SSSR count). The molecule has 0 saturated carbocycles. The van der Waals surface area contributed by atoms with Gasteiger partial charge in [0, 0.05) is 6.42 Å². The van der Waals surface area contributed by atoms with Crippen LogP contribution in [0.15, 0.2) is 0 Å². The van der Waals surface area contributed by atoms with Crippen molar-refractivity contribution in [1.29, 1.82) is 0 Å². The van der Waals surface area contributed by atoms with Gasteiger partial charge in [-0.2, -0.15) is 0 Å². The van der Waals surface area contributed by atoms with Crippen molar-refractivity contribution < 1.29 is 33.0 Å². The Labute approximate surface area is 146 Å². The molecule has 0 aromatic rings. The fraction of sp³-hybridized carbons (Fsp3) is 0.824. The molecule has 144 valence electrons. The van der Waals surface area contributed by atoms with Crippen LogP contribution >= 0.6 is 0 Å². The number of halogens is 2. The molecule has 0 spiro atoms. The van der Waals surface area contributed by atoms with Gasteiger partial charge in [-0.3, -0.25) is 9.59 Å². The predicted octanol–water partition coefficient (Wildman–Crippen LogP) is 2.70. The summed E-state index contributed by atoms with van der Waals surface area (Å²) < 4.78 is 32.5. The second kappa shape index (κ2) is 6.88. The van der Waals surface area contributed by atoms with Gasteiger partial charge in [0.1, 0.15) is 11.6 Å². The van der Waals surface area contributed by atoms with Crippen LogP contribution in [0.2, 0.25) is 0 Å². The SMILES string of the molecule is CC(C)(C)OC(=O)C[C@H](C(=O)N1CC(F)(F)C[C@H]1C(=O)O)C(C)(C)C. The Bertz CT molecular complexity index is 548. The van der Waals surface area contributed by atoms with Crippen molar-refractivity contribution in [2.45, 2.75) is 71.9 Å². The van der Waals surface area contributed by atoms with Crippen molar-refractivity contribution in [3.8, 4) is 0 Å². The fourth-order valence-electron chi connectivity index (χ4n) is 2.78. The molecule has 8 heteroatoms. The van der Waals surface area contributed by atoms with E-state index in [0.717, 1.165) is 0 Å². The minimum absolute atomic E-state index is 0.298. The molecule has 1 aliphatic heterocycles. The summed E-state index contributed by atoms with van der Waals surface area (Å²) in [7, 11) is 0. The van der Waals surface area contributed by atoms with Gasteiger partial charge in [0.25, 0.3) is 5.92 Å². The average molecular weight is 363 g/mol. The Morgan fingerprint density at radius 1 is 1.20 bits per heavy atom. The summed E-state index contributed by atoms with van der Waals surface area (Å²) in [4.78, 5) is 36.9. The molecule has 0 radical (unpaired) electrons. The highest BCUT2D eigenvalue weighted by molar-refractivity contribution is 5.89. The minimum atomic E-state index is -3.26. The summed E-state index contributed by atoms with van der Waals surface area (Å²) in [5.41, 5.74) is -1.47. The van der Waals surface area contributed by atoms with E-state index in [0.29, 0.717) is 4.90 Å². The van der Waals surface area contributed by atoms with E-state index in [1.165, 1.54) is 0 Å². The van der Waals surface area contributed by atoms with Crippen LogP contribution in [0, 0.1) is 11.3 Å². The van der Waals surface area contributed by atoms with Crippen molar-refractivity contribution >= 4 is 17.8 Å². The molecule has 0 aliphatic carbocycles. The van der Waals surface area contributed by atoms with E-state index in [1.54, 1.807) is 41.5 Å². The number of alkyl halides is 2. The van der Waals surface area contributed by atoms with Crippen LogP contribution in [-0.4, -0.2) is 52.0 Å². The second-order valence-electron chi connectivity index (χ2n) is 8.59. The van der Waals surface area contributed by atoms with Crippen LogP contribution in [0.1, 0.15) is 54.4 Å². The highest BCUT2D eigenvalue weighted by atomic mass is 19.3. The van der Waals surface area contributed by atoms with Gasteiger partial charge in [-0.1, -0.05) is 20.8 Å². The molecule has 0 aromatic heterocycles. The maximum atomic E-state index is 13.7. The zero-order valence-electron chi connectivity index (χ0n) is 15.6. The fourth-order valence-corrected chi connectivity index (χ4v) is 2.78. The molecule has 1 N–H and O–H groups in total. The summed E-state index contributed by atoms with van der Waals surface area (Å²) in [5, 5.41) is 9.17. The Morgan fingerprint density at radius 3 is 2.12 bits per heavy atom. The lowest BCUT2D eigenvalue weighted by Crippen LogP contribution is -2.47. The number of ether oxygens (including phenoxy) is 1.